The lowest BCUT2D eigenvalue weighted by molar-refractivity contribution is -0.121. The topological polar surface area (TPSA) is 101 Å². The fourth-order valence-electron chi connectivity index (χ4n) is 3.82. The molecule has 0 spiro atoms. The molecule has 0 radical (unpaired) electrons. The maximum absolute atomic E-state index is 12.5. The van der Waals surface area contributed by atoms with Crippen molar-refractivity contribution in [3.05, 3.63) is 29.3 Å². The van der Waals surface area contributed by atoms with E-state index in [1.165, 1.54) is 12.0 Å². The van der Waals surface area contributed by atoms with E-state index in [1.807, 2.05) is 6.07 Å². The molecule has 1 aromatic rings. The quantitative estimate of drug-likeness (QED) is 0.699. The Kier molecular flexibility index (Phi) is 6.32. The number of fused-ring (bicyclic) bond motifs is 1. The normalized spacial score (nSPS) is 23.3. The third-order valence-corrected chi connectivity index (χ3v) is 6.87. The Labute approximate surface area is 156 Å². The van der Waals surface area contributed by atoms with E-state index in [4.69, 9.17) is 5.73 Å². The number of rotatable bonds is 6. The molecule has 0 heterocycles. The molecule has 0 aliphatic heterocycles. The molecule has 1 aromatic carbocycles. The van der Waals surface area contributed by atoms with Crippen LogP contribution in [0.15, 0.2) is 23.1 Å². The van der Waals surface area contributed by atoms with Crippen LogP contribution in [-0.2, 0) is 27.7 Å². The summed E-state index contributed by atoms with van der Waals surface area (Å²) in [5.74, 6) is -0.112. The predicted octanol–water partition coefficient (Wildman–Crippen LogP) is 1.62. The highest BCUT2D eigenvalue weighted by Gasteiger charge is 2.21. The van der Waals surface area contributed by atoms with Gasteiger partial charge in [-0.2, -0.15) is 0 Å². The summed E-state index contributed by atoms with van der Waals surface area (Å²) in [5, 5.41) is 2.98. The van der Waals surface area contributed by atoms with Gasteiger partial charge in [-0.25, -0.2) is 13.1 Å². The maximum atomic E-state index is 12.5. The van der Waals surface area contributed by atoms with Gasteiger partial charge in [0, 0.05) is 25.0 Å². The van der Waals surface area contributed by atoms with E-state index in [0.29, 0.717) is 4.90 Å². The largest absolute Gasteiger partial charge is 0.353 e. The third-order valence-electron chi connectivity index (χ3n) is 5.41. The van der Waals surface area contributed by atoms with E-state index in [-0.39, 0.29) is 31.0 Å². The van der Waals surface area contributed by atoms with Gasteiger partial charge in [-0.05, 0) is 74.6 Å². The van der Waals surface area contributed by atoms with Crippen molar-refractivity contribution in [3.63, 3.8) is 0 Å². The van der Waals surface area contributed by atoms with Crippen molar-refractivity contribution in [3.8, 4) is 0 Å². The van der Waals surface area contributed by atoms with Crippen LogP contribution >= 0.6 is 0 Å². The first-order valence-electron chi connectivity index (χ1n) is 9.60. The fourth-order valence-corrected chi connectivity index (χ4v) is 4.90. The highest BCUT2D eigenvalue weighted by atomic mass is 32.2. The molecule has 144 valence electrons. The number of hydrogen-bond donors (Lipinski definition) is 3. The lowest BCUT2D eigenvalue weighted by Gasteiger charge is -2.26. The van der Waals surface area contributed by atoms with Gasteiger partial charge >= 0.3 is 0 Å². The second-order valence-electron chi connectivity index (χ2n) is 7.46. The molecule has 2 aliphatic rings. The van der Waals surface area contributed by atoms with Crippen molar-refractivity contribution in [2.45, 2.75) is 74.8 Å². The fraction of sp³-hybridized carbons (Fsp3) is 0.632. The summed E-state index contributed by atoms with van der Waals surface area (Å²) in [6, 6.07) is 5.77. The minimum absolute atomic E-state index is 0.109. The zero-order valence-corrected chi connectivity index (χ0v) is 16.0. The first-order chi connectivity index (χ1) is 12.4. The second-order valence-corrected chi connectivity index (χ2v) is 9.23. The van der Waals surface area contributed by atoms with Crippen LogP contribution in [0.4, 0.5) is 0 Å². The van der Waals surface area contributed by atoms with Crippen LogP contribution < -0.4 is 15.8 Å². The van der Waals surface area contributed by atoms with Gasteiger partial charge in [0.25, 0.3) is 0 Å². The molecule has 0 unspecified atom stereocenters. The second kappa shape index (κ2) is 8.50. The molecule has 4 N–H and O–H groups in total. The Hall–Kier alpha value is -1.44. The molecule has 0 saturated heterocycles. The van der Waals surface area contributed by atoms with Crippen LogP contribution in [0, 0.1) is 0 Å². The van der Waals surface area contributed by atoms with Gasteiger partial charge in [0.2, 0.25) is 15.9 Å². The molecule has 26 heavy (non-hydrogen) atoms. The van der Waals surface area contributed by atoms with Gasteiger partial charge in [-0.1, -0.05) is 6.07 Å². The molecule has 0 bridgehead atoms. The predicted molar refractivity (Wildman–Crippen MR) is 101 cm³/mol. The molecule has 0 atom stereocenters. The Balaban J connectivity index is 1.48. The Morgan fingerprint density at radius 1 is 1.08 bits per heavy atom. The molecule has 1 saturated carbocycles. The summed E-state index contributed by atoms with van der Waals surface area (Å²) in [5.41, 5.74) is 8.25. The maximum Gasteiger partial charge on any atom is 0.240 e. The van der Waals surface area contributed by atoms with Crippen molar-refractivity contribution in [2.75, 3.05) is 6.54 Å². The Morgan fingerprint density at radius 3 is 2.50 bits per heavy atom. The third kappa shape index (κ3) is 5.05. The van der Waals surface area contributed by atoms with Crippen molar-refractivity contribution in [2.24, 2.45) is 5.73 Å². The monoisotopic (exact) mass is 379 g/mol. The van der Waals surface area contributed by atoms with E-state index in [1.54, 1.807) is 12.1 Å². The first kappa shape index (κ1) is 19.3. The van der Waals surface area contributed by atoms with Gasteiger partial charge in [-0.3, -0.25) is 4.79 Å². The highest BCUT2D eigenvalue weighted by Crippen LogP contribution is 2.24. The highest BCUT2D eigenvalue weighted by molar-refractivity contribution is 7.89. The van der Waals surface area contributed by atoms with Crippen molar-refractivity contribution >= 4 is 15.9 Å². The molecule has 2 aliphatic carbocycles. The summed E-state index contributed by atoms with van der Waals surface area (Å²) < 4.78 is 27.5. The van der Waals surface area contributed by atoms with Gasteiger partial charge in [0.05, 0.1) is 4.90 Å². The SMILES string of the molecule is NC1CCC(NC(=O)CCNS(=O)(=O)c2ccc3c(c2)CCCC3)CC1. The van der Waals surface area contributed by atoms with Crippen molar-refractivity contribution < 1.29 is 13.2 Å². The number of nitrogens with one attached hydrogen (secondary N) is 2. The summed E-state index contributed by atoms with van der Waals surface area (Å²) in [6.45, 7) is 0.109. The molecule has 7 heteroatoms. The Morgan fingerprint density at radius 2 is 1.77 bits per heavy atom. The summed E-state index contributed by atoms with van der Waals surface area (Å²) in [4.78, 5) is 12.3. The van der Waals surface area contributed by atoms with Crippen molar-refractivity contribution in [1.29, 1.82) is 0 Å². The zero-order chi connectivity index (χ0) is 18.6. The van der Waals surface area contributed by atoms with Crippen molar-refractivity contribution in [1.82, 2.24) is 10.0 Å². The molecule has 1 amide bonds. The number of amides is 1. The number of benzene rings is 1. The van der Waals surface area contributed by atoms with Gasteiger partial charge in [0.15, 0.2) is 0 Å². The summed E-state index contributed by atoms with van der Waals surface area (Å²) in [7, 11) is -3.58. The minimum atomic E-state index is -3.58. The van der Waals surface area contributed by atoms with E-state index in [2.05, 4.69) is 10.0 Å². The van der Waals surface area contributed by atoms with Crippen LogP contribution in [0.25, 0.3) is 0 Å². The van der Waals surface area contributed by atoms with E-state index in [9.17, 15) is 13.2 Å². The van der Waals surface area contributed by atoms with Gasteiger partial charge in [-0.15, -0.1) is 0 Å². The standard InChI is InChI=1S/C19H29N3O3S/c20-16-6-8-17(9-7-16)22-19(23)11-12-21-26(24,25)18-10-5-14-3-1-2-4-15(14)13-18/h5,10,13,16-17,21H,1-4,6-9,11-12,20H2,(H,22,23). The average Bonchev–Trinajstić information content (AvgIpc) is 2.63. The number of carbonyl (C=O) groups excluding carboxylic acids is 1. The first-order valence-corrected chi connectivity index (χ1v) is 11.1. The lowest BCUT2D eigenvalue weighted by Crippen LogP contribution is -2.41. The summed E-state index contributed by atoms with van der Waals surface area (Å²) >= 11 is 0. The smallest absolute Gasteiger partial charge is 0.240 e. The van der Waals surface area contributed by atoms with E-state index < -0.39 is 10.0 Å². The number of sulfonamides is 1. The van der Waals surface area contributed by atoms with E-state index >= 15 is 0 Å². The van der Waals surface area contributed by atoms with Crippen LogP contribution in [0.5, 0.6) is 0 Å². The number of aryl methyl sites for hydroxylation is 2. The van der Waals surface area contributed by atoms with Crippen LogP contribution in [0.3, 0.4) is 0 Å². The number of nitrogens with two attached hydrogens (primary N) is 1. The van der Waals surface area contributed by atoms with Crippen LogP contribution in [0.2, 0.25) is 0 Å². The molecular formula is C19H29N3O3S. The minimum Gasteiger partial charge on any atom is -0.353 e. The van der Waals surface area contributed by atoms with Crippen LogP contribution in [-0.4, -0.2) is 33.0 Å². The molecule has 6 nitrogen and oxygen atoms in total. The average molecular weight is 380 g/mol. The molecule has 0 aromatic heterocycles. The molecule has 1 fully saturated rings. The summed E-state index contributed by atoms with van der Waals surface area (Å²) in [6.07, 6.45) is 8.02. The molecular weight excluding hydrogens is 350 g/mol. The zero-order valence-electron chi connectivity index (χ0n) is 15.2. The van der Waals surface area contributed by atoms with Gasteiger partial charge < -0.3 is 11.1 Å². The number of hydrogen-bond acceptors (Lipinski definition) is 4. The van der Waals surface area contributed by atoms with Crippen LogP contribution in [0.1, 0.15) is 56.1 Å². The lowest BCUT2D eigenvalue weighted by atomic mass is 9.92. The van der Waals surface area contributed by atoms with Gasteiger partial charge in [0.1, 0.15) is 0 Å². The number of carbonyl (C=O) groups is 1. The molecule has 3 rings (SSSR count). The van der Waals surface area contributed by atoms with E-state index in [0.717, 1.165) is 50.5 Å². The Bertz CT molecular complexity index is 740.